The zero-order valence-electron chi connectivity index (χ0n) is 10.0. The molecule has 0 saturated heterocycles. The molecule has 0 heterocycles. The van der Waals surface area contributed by atoms with Crippen LogP contribution in [0, 0.1) is 0 Å². The standard InChI is InChI=1S/C8H17N.C3H9N/c1-6-9(7(2)3)8(4)5;1-3(2)4/h6-8H,1H2,2-5H3;3H,4H2,1-2H3. The number of hydrogen-bond acceptors (Lipinski definition) is 2. The van der Waals surface area contributed by atoms with Crippen LogP contribution in [0.1, 0.15) is 41.5 Å². The maximum absolute atomic E-state index is 5.11. The number of hydrogen-bond donors (Lipinski definition) is 1. The van der Waals surface area contributed by atoms with E-state index in [1.54, 1.807) is 0 Å². The zero-order valence-corrected chi connectivity index (χ0v) is 10.0. The summed E-state index contributed by atoms with van der Waals surface area (Å²) >= 11 is 0. The monoisotopic (exact) mass is 186 g/mol. The van der Waals surface area contributed by atoms with Gasteiger partial charge in [-0.1, -0.05) is 20.4 Å². The Morgan fingerprint density at radius 2 is 1.23 bits per heavy atom. The van der Waals surface area contributed by atoms with Crippen molar-refractivity contribution in [2.45, 2.75) is 59.7 Å². The Bertz CT molecular complexity index is 107. The average Bonchev–Trinajstić information content (AvgIpc) is 1.84. The molecule has 80 valence electrons. The molecule has 0 aromatic carbocycles. The van der Waals surface area contributed by atoms with E-state index in [1.165, 1.54) is 0 Å². The molecule has 0 fully saturated rings. The minimum Gasteiger partial charge on any atom is -0.373 e. The molecular formula is C11H26N2. The SMILES string of the molecule is C=CN(C(C)C)C(C)C.CC(C)N. The lowest BCUT2D eigenvalue weighted by atomic mass is 10.2. The minimum atomic E-state index is 0.333. The van der Waals surface area contributed by atoms with Crippen LogP contribution in [0.25, 0.3) is 0 Å². The molecule has 0 atom stereocenters. The summed E-state index contributed by atoms with van der Waals surface area (Å²) in [6, 6.07) is 1.48. The van der Waals surface area contributed by atoms with Gasteiger partial charge in [0, 0.05) is 12.1 Å². The van der Waals surface area contributed by atoms with Gasteiger partial charge in [0.05, 0.1) is 0 Å². The number of nitrogens with two attached hydrogens (primary N) is 1. The second-order valence-electron chi connectivity index (χ2n) is 4.06. The van der Waals surface area contributed by atoms with Crippen LogP contribution in [0.15, 0.2) is 12.8 Å². The van der Waals surface area contributed by atoms with Crippen LogP contribution in [-0.2, 0) is 0 Å². The van der Waals surface area contributed by atoms with Crippen LogP contribution >= 0.6 is 0 Å². The Balaban J connectivity index is 0. The van der Waals surface area contributed by atoms with E-state index in [1.807, 2.05) is 20.0 Å². The third kappa shape index (κ3) is 11.5. The van der Waals surface area contributed by atoms with Gasteiger partial charge in [-0.05, 0) is 39.9 Å². The lowest BCUT2D eigenvalue weighted by Gasteiger charge is -2.28. The Labute approximate surface area is 83.8 Å². The Kier molecular flexibility index (Phi) is 9.36. The predicted molar refractivity (Wildman–Crippen MR) is 61.6 cm³/mol. The molecule has 2 N–H and O–H groups in total. The molecular weight excluding hydrogens is 160 g/mol. The van der Waals surface area contributed by atoms with E-state index >= 15 is 0 Å². The summed E-state index contributed by atoms with van der Waals surface area (Å²) in [6.45, 7) is 16.3. The molecule has 0 spiro atoms. The summed E-state index contributed by atoms with van der Waals surface area (Å²) in [5, 5.41) is 0. The van der Waals surface area contributed by atoms with Gasteiger partial charge in [-0.2, -0.15) is 0 Å². The van der Waals surface area contributed by atoms with Crippen molar-refractivity contribution in [1.82, 2.24) is 4.90 Å². The maximum Gasteiger partial charge on any atom is 0.0230 e. The fraction of sp³-hybridized carbons (Fsp3) is 0.818. The summed E-state index contributed by atoms with van der Waals surface area (Å²) in [7, 11) is 0. The van der Waals surface area contributed by atoms with Crippen molar-refractivity contribution in [3.05, 3.63) is 12.8 Å². The number of nitrogens with zero attached hydrogens (tertiary/aromatic N) is 1. The highest BCUT2D eigenvalue weighted by Crippen LogP contribution is 2.03. The molecule has 0 aliphatic carbocycles. The summed E-state index contributed by atoms with van der Waals surface area (Å²) in [5.41, 5.74) is 5.11. The first-order chi connectivity index (χ1) is 5.82. The van der Waals surface area contributed by atoms with Crippen molar-refractivity contribution in [1.29, 1.82) is 0 Å². The van der Waals surface area contributed by atoms with Gasteiger partial charge in [0.15, 0.2) is 0 Å². The van der Waals surface area contributed by atoms with Gasteiger partial charge in [0.1, 0.15) is 0 Å². The van der Waals surface area contributed by atoms with E-state index < -0.39 is 0 Å². The Morgan fingerprint density at radius 3 is 1.23 bits per heavy atom. The fourth-order valence-corrected chi connectivity index (χ4v) is 1.02. The normalized spacial score (nSPS) is 10.0. The van der Waals surface area contributed by atoms with Gasteiger partial charge in [-0.25, -0.2) is 0 Å². The summed E-state index contributed by atoms with van der Waals surface area (Å²) < 4.78 is 0. The molecule has 0 saturated carbocycles. The van der Waals surface area contributed by atoms with Gasteiger partial charge in [-0.3, -0.25) is 0 Å². The van der Waals surface area contributed by atoms with Crippen molar-refractivity contribution < 1.29 is 0 Å². The van der Waals surface area contributed by atoms with Gasteiger partial charge >= 0.3 is 0 Å². The fourth-order valence-electron chi connectivity index (χ4n) is 1.02. The zero-order chi connectivity index (χ0) is 11.0. The average molecular weight is 186 g/mol. The van der Waals surface area contributed by atoms with Crippen molar-refractivity contribution in [2.75, 3.05) is 0 Å². The molecule has 0 aliphatic heterocycles. The van der Waals surface area contributed by atoms with E-state index in [2.05, 4.69) is 39.2 Å². The molecule has 13 heavy (non-hydrogen) atoms. The van der Waals surface area contributed by atoms with Crippen LogP contribution in [0.5, 0.6) is 0 Å². The highest BCUT2D eigenvalue weighted by atomic mass is 15.1. The topological polar surface area (TPSA) is 29.3 Å². The molecule has 0 bridgehead atoms. The van der Waals surface area contributed by atoms with E-state index in [9.17, 15) is 0 Å². The largest absolute Gasteiger partial charge is 0.373 e. The van der Waals surface area contributed by atoms with Crippen LogP contribution in [0.4, 0.5) is 0 Å². The highest BCUT2D eigenvalue weighted by Gasteiger charge is 2.05. The van der Waals surface area contributed by atoms with Crippen LogP contribution in [-0.4, -0.2) is 23.0 Å². The van der Waals surface area contributed by atoms with Crippen LogP contribution in [0.3, 0.4) is 0 Å². The summed E-state index contributed by atoms with van der Waals surface area (Å²) in [4.78, 5) is 2.22. The Morgan fingerprint density at radius 1 is 1.00 bits per heavy atom. The molecule has 2 heteroatoms. The van der Waals surface area contributed by atoms with E-state index in [0.29, 0.717) is 18.1 Å². The van der Waals surface area contributed by atoms with Gasteiger partial charge in [0.2, 0.25) is 0 Å². The first-order valence-electron chi connectivity index (χ1n) is 4.98. The van der Waals surface area contributed by atoms with Gasteiger partial charge < -0.3 is 10.6 Å². The molecule has 0 aromatic rings. The maximum atomic E-state index is 5.11. The molecule has 0 radical (unpaired) electrons. The van der Waals surface area contributed by atoms with Gasteiger partial charge in [-0.15, -0.1) is 0 Å². The van der Waals surface area contributed by atoms with E-state index in [0.717, 1.165) is 0 Å². The third-order valence-corrected chi connectivity index (χ3v) is 1.40. The van der Waals surface area contributed by atoms with Crippen molar-refractivity contribution in [2.24, 2.45) is 5.73 Å². The second kappa shape index (κ2) is 8.11. The van der Waals surface area contributed by atoms with Crippen molar-refractivity contribution >= 4 is 0 Å². The number of rotatable bonds is 3. The molecule has 0 amide bonds. The van der Waals surface area contributed by atoms with Crippen LogP contribution < -0.4 is 5.73 Å². The van der Waals surface area contributed by atoms with Crippen molar-refractivity contribution in [3.8, 4) is 0 Å². The lowest BCUT2D eigenvalue weighted by molar-refractivity contribution is 0.257. The first kappa shape index (κ1) is 15.0. The van der Waals surface area contributed by atoms with Gasteiger partial charge in [0.25, 0.3) is 0 Å². The molecule has 0 unspecified atom stereocenters. The summed E-state index contributed by atoms with van der Waals surface area (Å²) in [5.74, 6) is 0. The predicted octanol–water partition coefficient (Wildman–Crippen LogP) is 2.60. The lowest BCUT2D eigenvalue weighted by Crippen LogP contribution is -2.31. The first-order valence-corrected chi connectivity index (χ1v) is 4.98. The van der Waals surface area contributed by atoms with Crippen molar-refractivity contribution in [3.63, 3.8) is 0 Å². The smallest absolute Gasteiger partial charge is 0.0230 e. The Hall–Kier alpha value is -0.500. The quantitative estimate of drug-likeness (QED) is 0.734. The molecule has 2 nitrogen and oxygen atoms in total. The minimum absolute atomic E-state index is 0.333. The highest BCUT2D eigenvalue weighted by molar-refractivity contribution is 4.77. The second-order valence-corrected chi connectivity index (χ2v) is 4.06. The van der Waals surface area contributed by atoms with Crippen LogP contribution in [0.2, 0.25) is 0 Å². The van der Waals surface area contributed by atoms with E-state index in [4.69, 9.17) is 5.73 Å². The third-order valence-electron chi connectivity index (χ3n) is 1.40. The molecule has 0 aromatic heterocycles. The molecule has 0 rings (SSSR count). The summed E-state index contributed by atoms with van der Waals surface area (Å²) in [6.07, 6.45) is 1.90. The molecule has 0 aliphatic rings. The van der Waals surface area contributed by atoms with E-state index in [-0.39, 0.29) is 0 Å².